The second-order valence-electron chi connectivity index (χ2n) is 3.14. The Bertz CT molecular complexity index is 534. The quantitative estimate of drug-likeness (QED) is 0.587. The molecule has 4 heteroatoms. The molecule has 0 aliphatic carbocycles. The van der Waals surface area contributed by atoms with E-state index < -0.39 is 0 Å². The number of hydrogen-bond acceptors (Lipinski definition) is 4. The second-order valence-corrected chi connectivity index (χ2v) is 6.08. The average Bonchev–Trinajstić information content (AvgIpc) is 2.73. The Labute approximate surface area is 107 Å². The minimum atomic E-state index is 0.878. The number of rotatable bonds is 3. The minimum absolute atomic E-state index is 0.878. The molecular formula is C12H10OS3. The summed E-state index contributed by atoms with van der Waals surface area (Å²) in [4.78, 5) is 1.20. The van der Waals surface area contributed by atoms with Crippen LogP contribution in [-0.4, -0.2) is 7.11 Å². The van der Waals surface area contributed by atoms with E-state index >= 15 is 0 Å². The molecule has 0 saturated carbocycles. The summed E-state index contributed by atoms with van der Waals surface area (Å²) in [7, 11) is 5.00. The maximum absolute atomic E-state index is 5.10. The van der Waals surface area contributed by atoms with Crippen LogP contribution in [0, 0.1) is 3.82 Å². The van der Waals surface area contributed by atoms with E-state index in [1.165, 1.54) is 4.88 Å². The van der Waals surface area contributed by atoms with Crippen molar-refractivity contribution in [2.45, 2.75) is 0 Å². The Morgan fingerprint density at radius 1 is 1.12 bits per heavy atom. The first-order chi connectivity index (χ1) is 7.78. The number of methoxy groups -OCH3 is 1. The van der Waals surface area contributed by atoms with Gasteiger partial charge in [-0.15, -0.1) is 0 Å². The van der Waals surface area contributed by atoms with Gasteiger partial charge in [-0.25, -0.2) is 0 Å². The van der Waals surface area contributed by atoms with Crippen LogP contribution in [0.3, 0.4) is 0 Å². The third kappa shape index (κ3) is 3.01. The lowest BCUT2D eigenvalue weighted by Crippen LogP contribution is -1.81. The number of ether oxygens (including phenoxy) is 1. The van der Waals surface area contributed by atoms with Crippen molar-refractivity contribution in [3.63, 3.8) is 0 Å². The van der Waals surface area contributed by atoms with Crippen LogP contribution in [0.15, 0.2) is 30.3 Å². The fourth-order valence-corrected chi connectivity index (χ4v) is 3.44. The van der Waals surface area contributed by atoms with E-state index in [4.69, 9.17) is 17.0 Å². The topological polar surface area (TPSA) is 9.23 Å². The molecule has 16 heavy (non-hydrogen) atoms. The van der Waals surface area contributed by atoms with Crippen LogP contribution < -0.4 is 4.74 Å². The molecule has 0 saturated heterocycles. The summed E-state index contributed by atoms with van der Waals surface area (Å²) < 4.78 is 6.05. The summed E-state index contributed by atoms with van der Waals surface area (Å²) in [5.41, 5.74) is 1.16. The van der Waals surface area contributed by atoms with Crippen LogP contribution in [-0.2, 0) is 0 Å². The van der Waals surface area contributed by atoms with Gasteiger partial charge in [0.25, 0.3) is 0 Å². The molecule has 1 nitrogen and oxygen atoms in total. The van der Waals surface area contributed by atoms with Crippen molar-refractivity contribution in [3.05, 3.63) is 44.6 Å². The molecule has 0 radical (unpaired) electrons. The molecule has 0 atom stereocenters. The van der Waals surface area contributed by atoms with Crippen molar-refractivity contribution in [2.24, 2.45) is 0 Å². The van der Waals surface area contributed by atoms with Crippen LogP contribution in [0.4, 0.5) is 0 Å². The number of hydrogen-bond donors (Lipinski definition) is 0. The summed E-state index contributed by atoms with van der Waals surface area (Å²) in [6.07, 6.45) is 4.16. The van der Waals surface area contributed by atoms with Gasteiger partial charge < -0.3 is 4.74 Å². The Hall–Kier alpha value is -0.970. The Kier molecular flexibility index (Phi) is 3.88. The minimum Gasteiger partial charge on any atom is -0.497 e. The molecule has 1 heterocycles. The van der Waals surface area contributed by atoms with Crippen molar-refractivity contribution >= 4 is 45.1 Å². The lowest BCUT2D eigenvalue weighted by atomic mass is 10.2. The monoisotopic (exact) mass is 266 g/mol. The summed E-state index contributed by atoms with van der Waals surface area (Å²) in [6, 6.07) is 9.98. The highest BCUT2D eigenvalue weighted by atomic mass is 32.9. The molecule has 0 aliphatic heterocycles. The van der Waals surface area contributed by atoms with Gasteiger partial charge in [0.2, 0.25) is 0 Å². The molecule has 82 valence electrons. The number of benzene rings is 1. The van der Waals surface area contributed by atoms with Crippen LogP contribution >= 0.6 is 32.9 Å². The molecule has 0 spiro atoms. The lowest BCUT2D eigenvalue weighted by Gasteiger charge is -1.98. The standard InChI is InChI=1S/C12H10OS3/c1-13-10-5-2-9(3-6-10)4-7-11-8-12(14)16-15-11/h2-8H,1H3. The second kappa shape index (κ2) is 5.39. The lowest BCUT2D eigenvalue weighted by molar-refractivity contribution is 0.415. The largest absolute Gasteiger partial charge is 0.497 e. The Balaban J connectivity index is 2.14. The van der Waals surface area contributed by atoms with Crippen LogP contribution in [0.1, 0.15) is 10.4 Å². The van der Waals surface area contributed by atoms with E-state index in [2.05, 4.69) is 12.2 Å². The van der Waals surface area contributed by atoms with Crippen molar-refractivity contribution in [2.75, 3.05) is 7.11 Å². The van der Waals surface area contributed by atoms with Gasteiger partial charge >= 0.3 is 0 Å². The Morgan fingerprint density at radius 2 is 1.88 bits per heavy atom. The Morgan fingerprint density at radius 3 is 2.44 bits per heavy atom. The van der Waals surface area contributed by atoms with Gasteiger partial charge in [0.1, 0.15) is 9.57 Å². The van der Waals surface area contributed by atoms with Gasteiger partial charge in [0, 0.05) is 4.88 Å². The summed E-state index contributed by atoms with van der Waals surface area (Å²) in [5, 5.41) is 0. The fraction of sp³-hybridized carbons (Fsp3) is 0.0833. The van der Waals surface area contributed by atoms with Gasteiger partial charge in [0.15, 0.2) is 0 Å². The van der Waals surface area contributed by atoms with E-state index in [-0.39, 0.29) is 0 Å². The zero-order valence-electron chi connectivity index (χ0n) is 8.67. The normalized spacial score (nSPS) is 10.8. The first-order valence-corrected chi connectivity index (χ1v) is 7.26. The molecule has 2 rings (SSSR count). The first-order valence-electron chi connectivity index (χ1n) is 4.70. The van der Waals surface area contributed by atoms with Crippen molar-refractivity contribution in [3.8, 4) is 5.75 Å². The van der Waals surface area contributed by atoms with Crippen molar-refractivity contribution < 1.29 is 4.74 Å². The van der Waals surface area contributed by atoms with Gasteiger partial charge in [0.05, 0.1) is 7.11 Å². The zero-order valence-corrected chi connectivity index (χ0v) is 11.1. The van der Waals surface area contributed by atoms with Gasteiger partial charge in [-0.05, 0) is 29.8 Å². The predicted molar refractivity (Wildman–Crippen MR) is 75.0 cm³/mol. The van der Waals surface area contributed by atoms with E-state index in [0.29, 0.717) is 0 Å². The van der Waals surface area contributed by atoms with E-state index in [9.17, 15) is 0 Å². The fourth-order valence-electron chi connectivity index (χ4n) is 1.22. The van der Waals surface area contributed by atoms with Crippen molar-refractivity contribution in [1.29, 1.82) is 0 Å². The molecule has 0 N–H and O–H groups in total. The molecule has 0 fully saturated rings. The van der Waals surface area contributed by atoms with E-state index in [0.717, 1.165) is 15.1 Å². The van der Waals surface area contributed by atoms with Crippen LogP contribution in [0.25, 0.3) is 12.2 Å². The SMILES string of the molecule is COc1ccc(C=Cc2cc(=S)ss2)cc1. The summed E-state index contributed by atoms with van der Waals surface area (Å²) >= 11 is 5.08. The molecule has 1 aromatic carbocycles. The molecule has 0 bridgehead atoms. The van der Waals surface area contributed by atoms with Crippen LogP contribution in [0.2, 0.25) is 0 Å². The zero-order chi connectivity index (χ0) is 11.4. The highest BCUT2D eigenvalue weighted by Crippen LogP contribution is 2.20. The smallest absolute Gasteiger partial charge is 0.118 e. The predicted octanol–water partition coefficient (Wildman–Crippen LogP) is 4.72. The van der Waals surface area contributed by atoms with Gasteiger partial charge in [-0.3, -0.25) is 0 Å². The van der Waals surface area contributed by atoms with Crippen molar-refractivity contribution in [1.82, 2.24) is 0 Å². The third-order valence-corrected chi connectivity index (χ3v) is 4.90. The molecule has 1 aromatic heterocycles. The first kappa shape index (κ1) is 11.5. The average molecular weight is 266 g/mol. The van der Waals surface area contributed by atoms with Gasteiger partial charge in [-0.1, -0.05) is 51.1 Å². The molecular weight excluding hydrogens is 256 g/mol. The van der Waals surface area contributed by atoms with Gasteiger partial charge in [-0.2, -0.15) is 0 Å². The third-order valence-electron chi connectivity index (χ3n) is 2.04. The molecule has 0 amide bonds. The summed E-state index contributed by atoms with van der Waals surface area (Å²) in [5.74, 6) is 0.878. The highest BCUT2D eigenvalue weighted by Gasteiger charge is 1.92. The van der Waals surface area contributed by atoms with E-state index in [1.54, 1.807) is 27.8 Å². The molecule has 2 aromatic rings. The van der Waals surface area contributed by atoms with E-state index in [1.807, 2.05) is 30.3 Å². The molecule has 0 aliphatic rings. The van der Waals surface area contributed by atoms with Crippen LogP contribution in [0.5, 0.6) is 5.75 Å². The maximum Gasteiger partial charge on any atom is 0.118 e. The summed E-state index contributed by atoms with van der Waals surface area (Å²) in [6.45, 7) is 0. The maximum atomic E-state index is 5.10. The highest BCUT2D eigenvalue weighted by molar-refractivity contribution is 7.79. The molecule has 0 unspecified atom stereocenters.